The van der Waals surface area contributed by atoms with Crippen LogP contribution in [0.3, 0.4) is 0 Å². The molecule has 0 aliphatic rings. The van der Waals surface area contributed by atoms with Gasteiger partial charge in [0.25, 0.3) is 0 Å². The zero-order chi connectivity index (χ0) is 9.14. The molecule has 12 heavy (non-hydrogen) atoms. The summed E-state index contributed by atoms with van der Waals surface area (Å²) in [5, 5.41) is 0.532. The summed E-state index contributed by atoms with van der Waals surface area (Å²) in [7, 11) is 0. The zero-order valence-corrected chi connectivity index (χ0v) is 7.38. The van der Waals surface area contributed by atoms with Crippen molar-refractivity contribution in [3.05, 3.63) is 41.4 Å². The lowest BCUT2D eigenvalue weighted by atomic mass is 10.1. The molecule has 1 atom stereocenters. The first kappa shape index (κ1) is 9.10. The van der Waals surface area contributed by atoms with E-state index in [1.165, 1.54) is 0 Å². The van der Waals surface area contributed by atoms with Gasteiger partial charge in [-0.2, -0.15) is 0 Å². The molecule has 1 aromatic carbocycles. The van der Waals surface area contributed by atoms with Crippen molar-refractivity contribution in [2.24, 2.45) is 5.73 Å². The first-order chi connectivity index (χ1) is 5.66. The van der Waals surface area contributed by atoms with Gasteiger partial charge < -0.3 is 11.5 Å². The number of halogens is 1. The van der Waals surface area contributed by atoms with E-state index in [0.29, 0.717) is 10.7 Å². The summed E-state index contributed by atoms with van der Waals surface area (Å²) in [6.45, 7) is 3.58. The van der Waals surface area contributed by atoms with Gasteiger partial charge in [0.15, 0.2) is 0 Å². The van der Waals surface area contributed by atoms with Gasteiger partial charge in [0.05, 0.1) is 10.7 Å². The number of benzene rings is 1. The van der Waals surface area contributed by atoms with Crippen molar-refractivity contribution in [3.8, 4) is 0 Å². The van der Waals surface area contributed by atoms with Gasteiger partial charge in [0, 0.05) is 6.04 Å². The van der Waals surface area contributed by atoms with E-state index in [0.717, 1.165) is 5.56 Å². The highest BCUT2D eigenvalue weighted by Crippen LogP contribution is 2.26. The van der Waals surface area contributed by atoms with Crippen LogP contribution < -0.4 is 11.5 Å². The summed E-state index contributed by atoms with van der Waals surface area (Å²) in [6, 6.07) is 5.14. The summed E-state index contributed by atoms with van der Waals surface area (Å²) in [5.41, 5.74) is 12.8. The van der Waals surface area contributed by atoms with Crippen molar-refractivity contribution >= 4 is 17.3 Å². The molecule has 2 nitrogen and oxygen atoms in total. The molecule has 0 aliphatic carbocycles. The van der Waals surface area contributed by atoms with Crippen LogP contribution in [-0.4, -0.2) is 0 Å². The second-order valence-electron chi connectivity index (χ2n) is 2.50. The third kappa shape index (κ3) is 1.60. The molecule has 0 spiro atoms. The van der Waals surface area contributed by atoms with Gasteiger partial charge in [-0.05, 0) is 11.6 Å². The lowest BCUT2D eigenvalue weighted by Crippen LogP contribution is -2.09. The summed E-state index contributed by atoms with van der Waals surface area (Å²) < 4.78 is 0. The van der Waals surface area contributed by atoms with Crippen LogP contribution in [0.1, 0.15) is 11.6 Å². The number of anilines is 1. The van der Waals surface area contributed by atoms with E-state index in [-0.39, 0.29) is 6.04 Å². The second-order valence-corrected chi connectivity index (χ2v) is 2.91. The van der Waals surface area contributed by atoms with Crippen molar-refractivity contribution < 1.29 is 0 Å². The second kappa shape index (κ2) is 3.61. The maximum atomic E-state index is 5.80. The predicted molar refractivity (Wildman–Crippen MR) is 53.0 cm³/mol. The van der Waals surface area contributed by atoms with Gasteiger partial charge in [0.2, 0.25) is 0 Å². The van der Waals surface area contributed by atoms with E-state index in [4.69, 9.17) is 23.1 Å². The van der Waals surface area contributed by atoms with Crippen LogP contribution in [0, 0.1) is 0 Å². The van der Waals surface area contributed by atoms with Crippen LogP contribution in [-0.2, 0) is 0 Å². The molecule has 0 radical (unpaired) electrons. The molecule has 0 saturated heterocycles. The van der Waals surface area contributed by atoms with Crippen LogP contribution in [0.2, 0.25) is 5.02 Å². The Morgan fingerprint density at radius 2 is 2.17 bits per heavy atom. The van der Waals surface area contributed by atoms with E-state index in [1.54, 1.807) is 12.1 Å². The molecular formula is C9H11ClN2. The summed E-state index contributed by atoms with van der Waals surface area (Å²) >= 11 is 5.80. The fourth-order valence-electron chi connectivity index (χ4n) is 0.971. The Hall–Kier alpha value is -0.990. The summed E-state index contributed by atoms with van der Waals surface area (Å²) in [4.78, 5) is 0. The Labute approximate surface area is 76.8 Å². The molecule has 0 aromatic heterocycles. The minimum atomic E-state index is -0.247. The number of hydrogen-bond acceptors (Lipinski definition) is 2. The summed E-state index contributed by atoms with van der Waals surface area (Å²) in [5.74, 6) is 0. The number of nitrogens with two attached hydrogens (primary N) is 2. The first-order valence-electron chi connectivity index (χ1n) is 3.59. The van der Waals surface area contributed by atoms with Gasteiger partial charge >= 0.3 is 0 Å². The molecule has 64 valence electrons. The highest BCUT2D eigenvalue weighted by molar-refractivity contribution is 6.33. The molecule has 3 heteroatoms. The average Bonchev–Trinajstić information content (AvgIpc) is 2.08. The molecule has 4 N–H and O–H groups in total. The fraction of sp³-hybridized carbons (Fsp3) is 0.111. The van der Waals surface area contributed by atoms with Crippen LogP contribution in [0.15, 0.2) is 30.9 Å². The Morgan fingerprint density at radius 1 is 1.50 bits per heavy atom. The first-order valence-corrected chi connectivity index (χ1v) is 3.96. The highest BCUT2D eigenvalue weighted by atomic mass is 35.5. The maximum Gasteiger partial charge on any atom is 0.0639 e. The van der Waals surface area contributed by atoms with E-state index in [2.05, 4.69) is 6.58 Å². The molecule has 0 bridgehead atoms. The number of hydrogen-bond donors (Lipinski definition) is 2. The SMILES string of the molecule is C=C[C@@H](N)c1cccc(Cl)c1N. The average molecular weight is 183 g/mol. The molecule has 1 rings (SSSR count). The zero-order valence-electron chi connectivity index (χ0n) is 6.63. The van der Waals surface area contributed by atoms with Crippen molar-refractivity contribution in [1.29, 1.82) is 0 Å². The number of para-hydroxylation sites is 1. The normalized spacial score (nSPS) is 12.5. The fourth-order valence-corrected chi connectivity index (χ4v) is 1.15. The third-order valence-corrected chi connectivity index (χ3v) is 2.03. The Balaban J connectivity index is 3.15. The molecule has 0 aliphatic heterocycles. The van der Waals surface area contributed by atoms with Crippen LogP contribution >= 0.6 is 11.6 Å². The molecule has 0 amide bonds. The third-order valence-electron chi connectivity index (χ3n) is 1.70. The van der Waals surface area contributed by atoms with Gasteiger partial charge in [0.1, 0.15) is 0 Å². The monoisotopic (exact) mass is 182 g/mol. The highest BCUT2D eigenvalue weighted by Gasteiger charge is 2.07. The lowest BCUT2D eigenvalue weighted by Gasteiger charge is -2.10. The topological polar surface area (TPSA) is 52.0 Å². The molecule has 1 aromatic rings. The minimum Gasteiger partial charge on any atom is -0.397 e. The van der Waals surface area contributed by atoms with Crippen LogP contribution in [0.4, 0.5) is 5.69 Å². The minimum absolute atomic E-state index is 0.247. The van der Waals surface area contributed by atoms with E-state index in [1.807, 2.05) is 12.1 Å². The predicted octanol–water partition coefficient (Wildman–Crippen LogP) is 2.11. The van der Waals surface area contributed by atoms with Gasteiger partial charge in [-0.25, -0.2) is 0 Å². The largest absolute Gasteiger partial charge is 0.397 e. The Bertz CT molecular complexity index is 297. The quantitative estimate of drug-likeness (QED) is 0.544. The van der Waals surface area contributed by atoms with Crippen molar-refractivity contribution in [3.63, 3.8) is 0 Å². The van der Waals surface area contributed by atoms with Crippen molar-refractivity contribution in [2.45, 2.75) is 6.04 Å². The van der Waals surface area contributed by atoms with Crippen molar-refractivity contribution in [2.75, 3.05) is 5.73 Å². The Kier molecular flexibility index (Phi) is 2.74. The van der Waals surface area contributed by atoms with E-state index < -0.39 is 0 Å². The molecule has 0 fully saturated rings. The molecule has 0 unspecified atom stereocenters. The van der Waals surface area contributed by atoms with Gasteiger partial charge in [-0.15, -0.1) is 6.58 Å². The van der Waals surface area contributed by atoms with Crippen LogP contribution in [0.25, 0.3) is 0 Å². The Morgan fingerprint density at radius 3 is 2.75 bits per heavy atom. The van der Waals surface area contributed by atoms with E-state index >= 15 is 0 Å². The molecule has 0 saturated carbocycles. The number of rotatable bonds is 2. The summed E-state index contributed by atoms with van der Waals surface area (Å²) in [6.07, 6.45) is 1.63. The van der Waals surface area contributed by atoms with Crippen LogP contribution in [0.5, 0.6) is 0 Å². The van der Waals surface area contributed by atoms with Crippen molar-refractivity contribution in [1.82, 2.24) is 0 Å². The van der Waals surface area contributed by atoms with E-state index in [9.17, 15) is 0 Å². The molecular weight excluding hydrogens is 172 g/mol. The molecule has 0 heterocycles. The van der Waals surface area contributed by atoms with Gasteiger partial charge in [-0.1, -0.05) is 29.8 Å². The maximum absolute atomic E-state index is 5.80. The lowest BCUT2D eigenvalue weighted by molar-refractivity contribution is 0.918. The smallest absolute Gasteiger partial charge is 0.0639 e. The van der Waals surface area contributed by atoms with Gasteiger partial charge in [-0.3, -0.25) is 0 Å². The number of nitrogen functional groups attached to an aromatic ring is 1. The standard InChI is InChI=1S/C9H11ClN2/c1-2-8(11)6-4-3-5-7(10)9(6)12/h2-5,8H,1,11-12H2/t8-/m1/s1.